The number of anilines is 1. The van der Waals surface area contributed by atoms with Crippen molar-refractivity contribution in [3.05, 3.63) is 48.2 Å². The lowest BCUT2D eigenvalue weighted by molar-refractivity contribution is 0.413. The van der Waals surface area contributed by atoms with Gasteiger partial charge in [0.2, 0.25) is 10.0 Å². The van der Waals surface area contributed by atoms with E-state index in [1.54, 1.807) is 19.2 Å². The van der Waals surface area contributed by atoms with Crippen LogP contribution in [-0.2, 0) is 10.0 Å². The molecule has 1 heterocycles. The van der Waals surface area contributed by atoms with Crippen LogP contribution in [0.1, 0.15) is 31.9 Å². The van der Waals surface area contributed by atoms with Crippen molar-refractivity contribution in [3.63, 3.8) is 0 Å². The molecule has 146 valence electrons. The number of hydrogen-bond acceptors (Lipinski definition) is 4. The first-order valence-corrected chi connectivity index (χ1v) is 10.9. The second-order valence-electron chi connectivity index (χ2n) is 6.84. The number of sulfonamides is 1. The van der Waals surface area contributed by atoms with Crippen LogP contribution in [0.4, 0.5) is 5.69 Å². The Morgan fingerprint density at radius 3 is 2.61 bits per heavy atom. The Hall–Kier alpha value is -2.98. The molecule has 1 N–H and O–H groups in total. The highest BCUT2D eigenvalue weighted by Crippen LogP contribution is 2.36. The van der Waals surface area contributed by atoms with Crippen LogP contribution in [0.25, 0.3) is 22.0 Å². The summed E-state index contributed by atoms with van der Waals surface area (Å²) in [6, 6.07) is 13.4. The Labute approximate surface area is 165 Å². The molecule has 0 aliphatic heterocycles. The molecule has 0 saturated heterocycles. The summed E-state index contributed by atoms with van der Waals surface area (Å²) in [4.78, 5) is 0. The van der Waals surface area contributed by atoms with Gasteiger partial charge in [-0.3, -0.25) is 4.72 Å². The van der Waals surface area contributed by atoms with Crippen molar-refractivity contribution in [2.45, 2.75) is 26.3 Å². The van der Waals surface area contributed by atoms with Crippen LogP contribution in [0.3, 0.4) is 0 Å². The number of nitriles is 1. The predicted octanol–water partition coefficient (Wildman–Crippen LogP) is 4.53. The van der Waals surface area contributed by atoms with E-state index < -0.39 is 10.0 Å². The number of fused-ring (bicyclic) bond motifs is 1. The van der Waals surface area contributed by atoms with E-state index in [1.807, 2.05) is 24.3 Å². The third-order valence-electron chi connectivity index (χ3n) is 4.84. The quantitative estimate of drug-likeness (QED) is 0.662. The van der Waals surface area contributed by atoms with Gasteiger partial charge in [0.15, 0.2) is 0 Å². The number of nitrogens with zero attached hydrogens (tertiary/aromatic N) is 2. The average molecular weight is 398 g/mol. The van der Waals surface area contributed by atoms with E-state index in [0.717, 1.165) is 34.7 Å². The van der Waals surface area contributed by atoms with Gasteiger partial charge in [0, 0.05) is 23.2 Å². The molecule has 0 spiro atoms. The molecule has 0 bridgehead atoms. The van der Waals surface area contributed by atoms with Gasteiger partial charge in [-0.25, -0.2) is 8.42 Å². The van der Waals surface area contributed by atoms with E-state index >= 15 is 0 Å². The number of methoxy groups -OCH3 is 1. The number of aromatic nitrogens is 1. The second-order valence-corrected chi connectivity index (χ2v) is 8.59. The zero-order valence-corrected chi connectivity index (χ0v) is 17.2. The fourth-order valence-electron chi connectivity index (χ4n) is 3.27. The predicted molar refractivity (Wildman–Crippen MR) is 112 cm³/mol. The SMILES string of the molecule is CCC(C)n1cc(-c2ccc(C#N)c(OC)c2)c2ccc(NS(C)(=O)=O)cc21. The maximum Gasteiger partial charge on any atom is 0.229 e. The van der Waals surface area contributed by atoms with Crippen molar-refractivity contribution in [2.75, 3.05) is 18.1 Å². The molecule has 0 saturated carbocycles. The third kappa shape index (κ3) is 3.82. The molecule has 1 unspecified atom stereocenters. The van der Waals surface area contributed by atoms with Gasteiger partial charge in [-0.2, -0.15) is 5.26 Å². The average Bonchev–Trinajstić information content (AvgIpc) is 3.04. The molecule has 0 radical (unpaired) electrons. The Morgan fingerprint density at radius 2 is 2.00 bits per heavy atom. The lowest BCUT2D eigenvalue weighted by Gasteiger charge is -2.13. The van der Waals surface area contributed by atoms with Crippen molar-refractivity contribution in [1.82, 2.24) is 4.57 Å². The maximum absolute atomic E-state index is 11.6. The molecule has 28 heavy (non-hydrogen) atoms. The minimum absolute atomic E-state index is 0.241. The Balaban J connectivity index is 2.22. The molecule has 1 aromatic heterocycles. The van der Waals surface area contributed by atoms with Gasteiger partial charge in [-0.05, 0) is 43.2 Å². The molecule has 6 nitrogen and oxygen atoms in total. The van der Waals surface area contributed by atoms with E-state index in [-0.39, 0.29) is 6.04 Å². The van der Waals surface area contributed by atoms with Crippen LogP contribution in [0.15, 0.2) is 42.6 Å². The molecule has 0 fully saturated rings. The Kier molecular flexibility index (Phi) is 5.34. The first-order chi connectivity index (χ1) is 13.3. The lowest BCUT2D eigenvalue weighted by Crippen LogP contribution is -2.09. The van der Waals surface area contributed by atoms with Crippen LogP contribution in [0, 0.1) is 11.3 Å². The molecule has 3 aromatic rings. The summed E-state index contributed by atoms with van der Waals surface area (Å²) in [6.07, 6.45) is 4.15. The zero-order valence-electron chi connectivity index (χ0n) is 16.4. The van der Waals surface area contributed by atoms with Gasteiger partial charge in [0.1, 0.15) is 11.8 Å². The van der Waals surface area contributed by atoms with E-state index in [0.29, 0.717) is 17.0 Å². The summed E-state index contributed by atoms with van der Waals surface area (Å²) in [5.41, 5.74) is 3.90. The monoisotopic (exact) mass is 397 g/mol. The summed E-state index contributed by atoms with van der Waals surface area (Å²) in [6.45, 7) is 4.23. The largest absolute Gasteiger partial charge is 0.495 e. The number of benzene rings is 2. The van der Waals surface area contributed by atoms with Gasteiger partial charge < -0.3 is 9.30 Å². The van der Waals surface area contributed by atoms with Crippen LogP contribution in [-0.4, -0.2) is 26.4 Å². The van der Waals surface area contributed by atoms with E-state index in [1.165, 1.54) is 0 Å². The van der Waals surface area contributed by atoms with E-state index in [9.17, 15) is 13.7 Å². The number of ether oxygens (including phenoxy) is 1. The molecule has 0 aliphatic rings. The van der Waals surface area contributed by atoms with Gasteiger partial charge >= 0.3 is 0 Å². The maximum atomic E-state index is 11.6. The van der Waals surface area contributed by atoms with Gasteiger partial charge in [-0.1, -0.05) is 19.1 Å². The lowest BCUT2D eigenvalue weighted by atomic mass is 10.0. The topological polar surface area (TPSA) is 84.1 Å². The third-order valence-corrected chi connectivity index (χ3v) is 5.44. The Bertz CT molecular complexity index is 1170. The highest BCUT2D eigenvalue weighted by molar-refractivity contribution is 7.92. The molecule has 2 aromatic carbocycles. The highest BCUT2D eigenvalue weighted by atomic mass is 32.2. The molecular weight excluding hydrogens is 374 g/mol. The van der Waals surface area contributed by atoms with Crippen molar-refractivity contribution < 1.29 is 13.2 Å². The van der Waals surface area contributed by atoms with Crippen LogP contribution >= 0.6 is 0 Å². The van der Waals surface area contributed by atoms with E-state index in [2.05, 4.69) is 35.4 Å². The fourth-order valence-corrected chi connectivity index (χ4v) is 3.83. The van der Waals surface area contributed by atoms with Gasteiger partial charge in [0.25, 0.3) is 0 Å². The highest BCUT2D eigenvalue weighted by Gasteiger charge is 2.16. The molecule has 3 rings (SSSR count). The first-order valence-electron chi connectivity index (χ1n) is 8.98. The molecule has 7 heteroatoms. The van der Waals surface area contributed by atoms with Crippen LogP contribution in [0.5, 0.6) is 5.75 Å². The molecular formula is C21H23N3O3S. The summed E-state index contributed by atoms with van der Waals surface area (Å²) in [5.74, 6) is 0.528. The molecule has 1 atom stereocenters. The van der Waals surface area contributed by atoms with Gasteiger partial charge in [-0.15, -0.1) is 0 Å². The minimum Gasteiger partial charge on any atom is -0.495 e. The van der Waals surface area contributed by atoms with Crippen molar-refractivity contribution in [3.8, 4) is 22.9 Å². The number of rotatable bonds is 6. The summed E-state index contributed by atoms with van der Waals surface area (Å²) in [7, 11) is -1.81. The van der Waals surface area contributed by atoms with Crippen molar-refractivity contribution in [2.24, 2.45) is 0 Å². The zero-order chi connectivity index (χ0) is 20.5. The van der Waals surface area contributed by atoms with E-state index in [4.69, 9.17) is 4.74 Å². The Morgan fingerprint density at radius 1 is 1.25 bits per heavy atom. The summed E-state index contributed by atoms with van der Waals surface area (Å²) >= 11 is 0. The summed E-state index contributed by atoms with van der Waals surface area (Å²) in [5, 5.41) is 10.2. The number of nitrogens with one attached hydrogen (secondary N) is 1. The first kappa shape index (κ1) is 19.8. The minimum atomic E-state index is -3.35. The standard InChI is InChI=1S/C21H23N3O3S/c1-5-14(2)24-13-19(15-6-7-16(12-22)21(10-15)27-3)18-9-8-17(11-20(18)24)23-28(4,25)26/h6-11,13-14,23H,5H2,1-4H3. The number of hydrogen-bond donors (Lipinski definition) is 1. The second kappa shape index (κ2) is 7.56. The van der Waals surface area contributed by atoms with Crippen molar-refractivity contribution >= 4 is 26.6 Å². The fraction of sp³-hybridized carbons (Fsp3) is 0.286. The molecule has 0 aliphatic carbocycles. The van der Waals surface area contributed by atoms with Crippen molar-refractivity contribution in [1.29, 1.82) is 5.26 Å². The van der Waals surface area contributed by atoms with Crippen LogP contribution < -0.4 is 9.46 Å². The summed E-state index contributed by atoms with van der Waals surface area (Å²) < 4.78 is 33.3. The van der Waals surface area contributed by atoms with Gasteiger partial charge in [0.05, 0.1) is 30.1 Å². The normalized spacial score (nSPS) is 12.5. The smallest absolute Gasteiger partial charge is 0.229 e. The van der Waals surface area contributed by atoms with Crippen LogP contribution in [0.2, 0.25) is 0 Å². The molecule has 0 amide bonds.